The first-order valence-corrected chi connectivity index (χ1v) is 8.18. The number of hydrogen-bond acceptors (Lipinski definition) is 4. The Hall–Kier alpha value is -2.79. The van der Waals surface area contributed by atoms with E-state index in [2.05, 4.69) is 19.9 Å². The van der Waals surface area contributed by atoms with Gasteiger partial charge in [0.2, 0.25) is 5.89 Å². The SMILES string of the molecule is O=C(Nc1ccc(C(F)(F)F)cc1)N1CCCC(c2nnc(C(F)(F)F)o2)C1. The van der Waals surface area contributed by atoms with Gasteiger partial charge in [-0.15, -0.1) is 10.2 Å². The summed E-state index contributed by atoms with van der Waals surface area (Å²) in [7, 11) is 0. The van der Waals surface area contributed by atoms with Crippen LogP contribution < -0.4 is 5.32 Å². The normalized spacial score (nSPS) is 18.2. The molecule has 0 saturated carbocycles. The van der Waals surface area contributed by atoms with Gasteiger partial charge in [0.15, 0.2) is 0 Å². The molecule has 0 spiro atoms. The number of benzene rings is 1. The Bertz CT molecular complexity index is 831. The van der Waals surface area contributed by atoms with Gasteiger partial charge in [0, 0.05) is 18.8 Å². The number of alkyl halides is 6. The maximum atomic E-state index is 12.6. The third-order valence-electron chi connectivity index (χ3n) is 4.20. The number of amides is 2. The molecule has 152 valence electrons. The molecule has 1 aromatic carbocycles. The smallest absolute Gasteiger partial charge is 0.417 e. The van der Waals surface area contributed by atoms with Crippen LogP contribution in [0.3, 0.4) is 0 Å². The average Bonchev–Trinajstić information content (AvgIpc) is 3.12. The molecule has 1 N–H and O–H groups in total. The first kappa shape index (κ1) is 20.0. The van der Waals surface area contributed by atoms with Crippen molar-refractivity contribution >= 4 is 11.7 Å². The van der Waals surface area contributed by atoms with Crippen molar-refractivity contribution in [3.05, 3.63) is 41.6 Å². The molecule has 1 fully saturated rings. The molecule has 2 aromatic rings. The molecule has 0 radical (unpaired) electrons. The van der Waals surface area contributed by atoms with Crippen LogP contribution in [-0.2, 0) is 12.4 Å². The predicted molar refractivity (Wildman–Crippen MR) is 83.3 cm³/mol. The lowest BCUT2D eigenvalue weighted by atomic mass is 9.98. The van der Waals surface area contributed by atoms with Gasteiger partial charge in [-0.05, 0) is 37.1 Å². The number of likely N-dealkylation sites (tertiary alicyclic amines) is 1. The van der Waals surface area contributed by atoms with Crippen molar-refractivity contribution in [2.45, 2.75) is 31.1 Å². The molecule has 12 heteroatoms. The van der Waals surface area contributed by atoms with Gasteiger partial charge in [-0.3, -0.25) is 0 Å². The van der Waals surface area contributed by atoms with Crippen LogP contribution in [0, 0.1) is 0 Å². The number of carbonyl (C=O) groups excluding carboxylic acids is 1. The van der Waals surface area contributed by atoms with Crippen molar-refractivity contribution < 1.29 is 35.6 Å². The molecule has 6 nitrogen and oxygen atoms in total. The minimum Gasteiger partial charge on any atom is -0.417 e. The van der Waals surface area contributed by atoms with E-state index >= 15 is 0 Å². The van der Waals surface area contributed by atoms with Crippen molar-refractivity contribution in [1.82, 2.24) is 15.1 Å². The Balaban J connectivity index is 1.64. The standard InChI is InChI=1S/C16H14F6N4O2/c17-15(18,19)10-3-5-11(6-4-10)23-14(27)26-7-1-2-9(8-26)12-24-25-13(28-12)16(20,21)22/h3-6,9H,1-2,7-8H2,(H,23,27). The highest BCUT2D eigenvalue weighted by Gasteiger charge is 2.39. The van der Waals surface area contributed by atoms with Crippen molar-refractivity contribution in [3.8, 4) is 0 Å². The van der Waals surface area contributed by atoms with E-state index in [0.717, 1.165) is 24.3 Å². The van der Waals surface area contributed by atoms with Crippen molar-refractivity contribution in [1.29, 1.82) is 0 Å². The zero-order chi connectivity index (χ0) is 20.5. The summed E-state index contributed by atoms with van der Waals surface area (Å²) in [6, 6.07) is 3.34. The van der Waals surface area contributed by atoms with Crippen LogP contribution in [0.5, 0.6) is 0 Å². The molecule has 2 heterocycles. The zero-order valence-corrected chi connectivity index (χ0v) is 14.1. The van der Waals surface area contributed by atoms with Gasteiger partial charge in [0.25, 0.3) is 0 Å². The van der Waals surface area contributed by atoms with Gasteiger partial charge in [-0.2, -0.15) is 26.3 Å². The first-order valence-electron chi connectivity index (χ1n) is 8.18. The van der Waals surface area contributed by atoms with Gasteiger partial charge in [-0.25, -0.2) is 4.79 Å². The van der Waals surface area contributed by atoms with Gasteiger partial charge in [0.1, 0.15) is 0 Å². The number of piperidine rings is 1. The largest absolute Gasteiger partial charge is 0.470 e. The Morgan fingerprint density at radius 1 is 1.07 bits per heavy atom. The lowest BCUT2D eigenvalue weighted by Gasteiger charge is -2.31. The van der Waals surface area contributed by atoms with Gasteiger partial charge in [-0.1, -0.05) is 0 Å². The minimum absolute atomic E-state index is 0.0476. The summed E-state index contributed by atoms with van der Waals surface area (Å²) in [5.74, 6) is -2.22. The Kier molecular flexibility index (Phi) is 5.22. The second-order valence-electron chi connectivity index (χ2n) is 6.23. The molecule has 0 bridgehead atoms. The monoisotopic (exact) mass is 408 g/mol. The summed E-state index contributed by atoms with van der Waals surface area (Å²) in [5.41, 5.74) is -0.683. The summed E-state index contributed by atoms with van der Waals surface area (Å²) in [6.07, 6.45) is -8.28. The maximum Gasteiger partial charge on any atom is 0.470 e. The van der Waals surface area contributed by atoms with Crippen LogP contribution in [0.1, 0.15) is 36.1 Å². The predicted octanol–water partition coefficient (Wildman–Crippen LogP) is 4.52. The number of nitrogens with one attached hydrogen (secondary N) is 1. The number of nitrogens with zero attached hydrogens (tertiary/aromatic N) is 3. The average molecular weight is 408 g/mol. The van der Waals surface area contributed by atoms with Crippen LogP contribution in [-0.4, -0.2) is 34.2 Å². The molecular weight excluding hydrogens is 394 g/mol. The number of rotatable bonds is 2. The lowest BCUT2D eigenvalue weighted by Crippen LogP contribution is -2.41. The van der Waals surface area contributed by atoms with Crippen molar-refractivity contribution in [2.24, 2.45) is 0 Å². The highest BCUT2D eigenvalue weighted by atomic mass is 19.4. The van der Waals surface area contributed by atoms with E-state index in [9.17, 15) is 31.1 Å². The summed E-state index contributed by atoms with van der Waals surface area (Å²) in [6.45, 7) is 0.384. The number of urea groups is 1. The fourth-order valence-electron chi connectivity index (χ4n) is 2.82. The van der Waals surface area contributed by atoms with Gasteiger partial charge < -0.3 is 14.6 Å². The van der Waals surface area contributed by atoms with Crippen molar-refractivity contribution in [3.63, 3.8) is 0 Å². The Morgan fingerprint density at radius 3 is 2.32 bits per heavy atom. The van der Waals surface area contributed by atoms with E-state index in [1.165, 1.54) is 4.90 Å². The van der Waals surface area contributed by atoms with Crippen molar-refractivity contribution in [2.75, 3.05) is 18.4 Å². The van der Waals surface area contributed by atoms with Gasteiger partial charge >= 0.3 is 24.3 Å². The summed E-state index contributed by atoms with van der Waals surface area (Å²) in [5, 5.41) is 8.86. The van der Waals surface area contributed by atoms with Crippen LogP contribution in [0.2, 0.25) is 0 Å². The Morgan fingerprint density at radius 2 is 1.75 bits per heavy atom. The van der Waals surface area contributed by atoms with E-state index in [1.807, 2.05) is 0 Å². The van der Waals surface area contributed by atoms with Gasteiger partial charge in [0.05, 0.1) is 11.5 Å². The maximum absolute atomic E-state index is 12.6. The van der Waals surface area contributed by atoms with E-state index < -0.39 is 35.8 Å². The second kappa shape index (κ2) is 7.32. The summed E-state index contributed by atoms with van der Waals surface area (Å²) >= 11 is 0. The molecule has 1 unspecified atom stereocenters. The van der Waals surface area contributed by atoms with Crippen LogP contribution in [0.25, 0.3) is 0 Å². The quantitative estimate of drug-likeness (QED) is 0.742. The van der Waals surface area contributed by atoms with E-state index in [-0.39, 0.29) is 18.1 Å². The lowest BCUT2D eigenvalue weighted by molar-refractivity contribution is -0.157. The molecule has 1 aliphatic rings. The molecule has 1 aliphatic heterocycles. The second-order valence-corrected chi connectivity index (χ2v) is 6.23. The third kappa shape index (κ3) is 4.54. The molecule has 1 saturated heterocycles. The summed E-state index contributed by atoms with van der Waals surface area (Å²) in [4.78, 5) is 13.7. The first-order chi connectivity index (χ1) is 13.0. The number of halogens is 6. The number of aromatic nitrogens is 2. The molecule has 3 rings (SSSR count). The highest BCUT2D eigenvalue weighted by Crippen LogP contribution is 2.32. The molecule has 0 aliphatic carbocycles. The third-order valence-corrected chi connectivity index (χ3v) is 4.20. The fraction of sp³-hybridized carbons (Fsp3) is 0.438. The van der Waals surface area contributed by atoms with E-state index in [1.54, 1.807) is 0 Å². The fourth-order valence-corrected chi connectivity index (χ4v) is 2.82. The van der Waals surface area contributed by atoms with Crippen LogP contribution >= 0.6 is 0 Å². The van der Waals surface area contributed by atoms with Crippen LogP contribution in [0.4, 0.5) is 36.8 Å². The Labute approximate surface area is 154 Å². The molecule has 1 aromatic heterocycles. The highest BCUT2D eigenvalue weighted by molar-refractivity contribution is 5.89. The topological polar surface area (TPSA) is 71.3 Å². The number of carbonyl (C=O) groups is 1. The van der Waals surface area contributed by atoms with E-state index in [4.69, 9.17) is 0 Å². The molecular formula is C16H14F6N4O2. The zero-order valence-electron chi connectivity index (χ0n) is 14.1. The number of anilines is 1. The van der Waals surface area contributed by atoms with E-state index in [0.29, 0.717) is 19.4 Å². The molecule has 1 atom stereocenters. The van der Waals surface area contributed by atoms with Crippen LogP contribution in [0.15, 0.2) is 28.7 Å². The minimum atomic E-state index is -4.75. The molecule has 28 heavy (non-hydrogen) atoms. The summed E-state index contributed by atoms with van der Waals surface area (Å²) < 4.78 is 80.1. The molecule has 2 amide bonds. The number of hydrogen-bond donors (Lipinski definition) is 1.